The Morgan fingerprint density at radius 1 is 1.31 bits per heavy atom. The summed E-state index contributed by atoms with van der Waals surface area (Å²) in [6, 6.07) is 5.43. The number of amides is 1. The SMILES string of the molecule is CC(C)[C@H](C)C(=O)Nc1ncnn2c([C@]3(C#N)O[C@@H](COC(=O)CC4CCCCC4)C[C@H]3O)ccc12. The molecule has 194 valence electrons. The summed E-state index contributed by atoms with van der Waals surface area (Å²) in [6.45, 7) is 5.75. The lowest BCUT2D eigenvalue weighted by Gasteiger charge is -2.24. The Bertz CT molecular complexity index is 1140. The lowest BCUT2D eigenvalue weighted by atomic mass is 9.87. The van der Waals surface area contributed by atoms with Gasteiger partial charge in [0.05, 0.1) is 11.8 Å². The van der Waals surface area contributed by atoms with E-state index in [0.29, 0.717) is 29.4 Å². The number of nitriles is 1. The molecule has 4 atom stereocenters. The van der Waals surface area contributed by atoms with Crippen LogP contribution in [0.3, 0.4) is 0 Å². The van der Waals surface area contributed by atoms with Crippen molar-refractivity contribution in [3.05, 3.63) is 24.2 Å². The van der Waals surface area contributed by atoms with E-state index >= 15 is 0 Å². The van der Waals surface area contributed by atoms with Crippen molar-refractivity contribution in [1.82, 2.24) is 14.6 Å². The van der Waals surface area contributed by atoms with Crippen LogP contribution in [0.1, 0.15) is 71.4 Å². The van der Waals surface area contributed by atoms with E-state index in [1.165, 1.54) is 17.3 Å². The van der Waals surface area contributed by atoms with Crippen LogP contribution in [-0.4, -0.2) is 50.4 Å². The number of nitrogens with zero attached hydrogens (tertiary/aromatic N) is 4. The highest BCUT2D eigenvalue weighted by molar-refractivity contribution is 5.95. The molecule has 10 heteroatoms. The third-order valence-electron chi connectivity index (χ3n) is 7.57. The first-order valence-electron chi connectivity index (χ1n) is 12.8. The maximum atomic E-state index is 12.6. The third-order valence-corrected chi connectivity index (χ3v) is 7.57. The fourth-order valence-corrected chi connectivity index (χ4v) is 5.01. The van der Waals surface area contributed by atoms with Crippen molar-refractivity contribution in [3.8, 4) is 6.07 Å². The molecule has 36 heavy (non-hydrogen) atoms. The molecule has 3 heterocycles. The van der Waals surface area contributed by atoms with Crippen molar-refractivity contribution in [2.24, 2.45) is 17.8 Å². The van der Waals surface area contributed by atoms with E-state index in [-0.39, 0.29) is 36.7 Å². The van der Waals surface area contributed by atoms with Gasteiger partial charge in [0.2, 0.25) is 11.5 Å². The molecular weight excluding hydrogens is 462 g/mol. The Morgan fingerprint density at radius 3 is 2.75 bits per heavy atom. The molecule has 2 fully saturated rings. The summed E-state index contributed by atoms with van der Waals surface area (Å²) in [5.74, 6) is 0.165. The van der Waals surface area contributed by atoms with Crippen molar-refractivity contribution >= 4 is 23.2 Å². The Morgan fingerprint density at radius 2 is 2.06 bits per heavy atom. The molecule has 2 N–H and O–H groups in total. The minimum Gasteiger partial charge on any atom is -0.463 e. The highest BCUT2D eigenvalue weighted by Gasteiger charge is 2.52. The number of fused-ring (bicyclic) bond motifs is 1. The smallest absolute Gasteiger partial charge is 0.306 e. The van der Waals surface area contributed by atoms with E-state index in [4.69, 9.17) is 9.47 Å². The molecule has 4 rings (SSSR count). The van der Waals surface area contributed by atoms with Crippen LogP contribution in [0.5, 0.6) is 0 Å². The maximum absolute atomic E-state index is 12.6. The predicted molar refractivity (Wildman–Crippen MR) is 131 cm³/mol. The van der Waals surface area contributed by atoms with Crippen LogP contribution < -0.4 is 5.32 Å². The summed E-state index contributed by atoms with van der Waals surface area (Å²) < 4.78 is 12.9. The average Bonchev–Trinajstić information content (AvgIpc) is 3.44. The lowest BCUT2D eigenvalue weighted by Crippen LogP contribution is -2.37. The number of anilines is 1. The number of aliphatic hydroxyl groups excluding tert-OH is 1. The zero-order valence-electron chi connectivity index (χ0n) is 21.1. The largest absolute Gasteiger partial charge is 0.463 e. The summed E-state index contributed by atoms with van der Waals surface area (Å²) in [6.07, 6.45) is 5.64. The van der Waals surface area contributed by atoms with E-state index in [0.717, 1.165) is 25.7 Å². The monoisotopic (exact) mass is 497 g/mol. The third kappa shape index (κ3) is 5.22. The average molecular weight is 498 g/mol. The van der Waals surface area contributed by atoms with E-state index < -0.39 is 17.8 Å². The molecule has 2 aromatic heterocycles. The van der Waals surface area contributed by atoms with E-state index in [2.05, 4.69) is 21.5 Å². The summed E-state index contributed by atoms with van der Waals surface area (Å²) in [7, 11) is 0. The van der Waals surface area contributed by atoms with Gasteiger partial charge in [-0.1, -0.05) is 40.0 Å². The van der Waals surface area contributed by atoms with Gasteiger partial charge in [-0.25, -0.2) is 9.50 Å². The van der Waals surface area contributed by atoms with Crippen molar-refractivity contribution in [2.45, 2.75) is 83.5 Å². The molecular formula is C26H35N5O5. The van der Waals surface area contributed by atoms with Gasteiger partial charge in [-0.15, -0.1) is 0 Å². The second kappa shape index (κ2) is 10.9. The second-order valence-electron chi connectivity index (χ2n) is 10.4. The van der Waals surface area contributed by atoms with Gasteiger partial charge in [-0.2, -0.15) is 10.4 Å². The van der Waals surface area contributed by atoms with Gasteiger partial charge in [0.25, 0.3) is 0 Å². The quantitative estimate of drug-likeness (QED) is 0.530. The molecule has 10 nitrogen and oxygen atoms in total. The molecule has 1 aliphatic heterocycles. The molecule has 0 radical (unpaired) electrons. The first kappa shape index (κ1) is 26.0. The number of aliphatic hydroxyl groups is 1. The Balaban J connectivity index is 1.48. The Kier molecular flexibility index (Phi) is 7.91. The summed E-state index contributed by atoms with van der Waals surface area (Å²) in [4.78, 5) is 29.1. The predicted octanol–water partition coefficient (Wildman–Crippen LogP) is 3.34. The van der Waals surface area contributed by atoms with Crippen LogP contribution in [0, 0.1) is 29.1 Å². The van der Waals surface area contributed by atoms with Gasteiger partial charge >= 0.3 is 5.97 Å². The molecule has 1 saturated carbocycles. The topological polar surface area (TPSA) is 139 Å². The molecule has 0 aromatic carbocycles. The van der Waals surface area contributed by atoms with Gasteiger partial charge in [-0.05, 0) is 36.8 Å². The fraction of sp³-hybridized carbons (Fsp3) is 0.654. The lowest BCUT2D eigenvalue weighted by molar-refractivity contribution is -0.150. The van der Waals surface area contributed by atoms with E-state index in [1.54, 1.807) is 12.1 Å². The van der Waals surface area contributed by atoms with E-state index in [1.807, 2.05) is 20.8 Å². The number of carbonyl (C=O) groups excluding carboxylic acids is 2. The van der Waals surface area contributed by atoms with Crippen molar-refractivity contribution < 1.29 is 24.2 Å². The first-order valence-corrected chi connectivity index (χ1v) is 12.8. The van der Waals surface area contributed by atoms with Gasteiger partial charge < -0.3 is 19.9 Å². The summed E-state index contributed by atoms with van der Waals surface area (Å²) >= 11 is 0. The standard InChI is InChI=1S/C26H35N5O5/c1-16(2)17(3)25(34)30-24-20-9-10-21(31(20)29-15-28-24)26(14-27)22(32)12-19(36-26)13-35-23(33)11-18-7-5-4-6-8-18/h9-10,15-19,22,32H,4-8,11-13H2,1-3H3,(H,28,29,30,34)/t17-,19+,22+,26-/m0/s1. The second-order valence-corrected chi connectivity index (χ2v) is 10.4. The zero-order valence-corrected chi connectivity index (χ0v) is 21.1. The van der Waals surface area contributed by atoms with Crippen LogP contribution in [0.15, 0.2) is 18.5 Å². The van der Waals surface area contributed by atoms with Crippen LogP contribution in [0.25, 0.3) is 5.52 Å². The van der Waals surface area contributed by atoms with Gasteiger partial charge in [0.15, 0.2) is 5.82 Å². The minimum absolute atomic E-state index is 0.0290. The maximum Gasteiger partial charge on any atom is 0.306 e. The molecule has 1 amide bonds. The number of rotatable bonds is 8. The Hall–Kier alpha value is -3.03. The zero-order chi connectivity index (χ0) is 25.9. The summed E-state index contributed by atoms with van der Waals surface area (Å²) in [5.41, 5.74) is -0.906. The van der Waals surface area contributed by atoms with Crippen LogP contribution in [0.4, 0.5) is 5.82 Å². The first-order chi connectivity index (χ1) is 17.2. The van der Waals surface area contributed by atoms with Gasteiger partial charge in [-0.3, -0.25) is 9.59 Å². The number of carbonyl (C=O) groups is 2. The van der Waals surface area contributed by atoms with Crippen molar-refractivity contribution in [3.63, 3.8) is 0 Å². The molecule has 0 bridgehead atoms. The van der Waals surface area contributed by atoms with Crippen LogP contribution >= 0.6 is 0 Å². The number of hydrogen-bond acceptors (Lipinski definition) is 8. The summed E-state index contributed by atoms with van der Waals surface area (Å²) in [5, 5.41) is 28.1. The number of aromatic nitrogens is 3. The number of nitrogens with one attached hydrogen (secondary N) is 1. The van der Waals surface area contributed by atoms with Gasteiger partial charge in [0, 0.05) is 18.8 Å². The molecule has 2 aliphatic rings. The fourth-order valence-electron chi connectivity index (χ4n) is 5.01. The van der Waals surface area contributed by atoms with Crippen LogP contribution in [0.2, 0.25) is 0 Å². The minimum atomic E-state index is -1.70. The highest BCUT2D eigenvalue weighted by atomic mass is 16.6. The number of esters is 1. The number of hydrogen-bond donors (Lipinski definition) is 2. The highest BCUT2D eigenvalue weighted by Crippen LogP contribution is 2.40. The van der Waals surface area contributed by atoms with Gasteiger partial charge in [0.1, 0.15) is 30.6 Å². The molecule has 2 aromatic rings. The molecule has 0 spiro atoms. The van der Waals surface area contributed by atoms with Crippen LogP contribution in [-0.2, 0) is 24.7 Å². The molecule has 0 unspecified atom stereocenters. The van der Waals surface area contributed by atoms with Crippen molar-refractivity contribution in [2.75, 3.05) is 11.9 Å². The number of ether oxygens (including phenoxy) is 2. The van der Waals surface area contributed by atoms with E-state index in [9.17, 15) is 20.0 Å². The molecule has 1 aliphatic carbocycles. The van der Waals surface area contributed by atoms with Crippen molar-refractivity contribution in [1.29, 1.82) is 5.26 Å². The normalized spacial score (nSPS) is 25.6. The molecule has 1 saturated heterocycles. The Labute approximate surface area is 211 Å².